The molecule has 1 aromatic heterocycles. The van der Waals surface area contributed by atoms with Gasteiger partial charge in [0.05, 0.1) is 0 Å². The Morgan fingerprint density at radius 1 is 1.12 bits per heavy atom. The van der Waals surface area contributed by atoms with Crippen molar-refractivity contribution in [1.29, 1.82) is 0 Å². The summed E-state index contributed by atoms with van der Waals surface area (Å²) in [4.78, 5) is 11.1. The molecule has 0 aliphatic heterocycles. The standard InChI is InChI=1S/C12H16N2O2/c1-9-13-14-10(16-9)12-5-2-11(8-15,3-6-12)4-7-12/h8H,2-7H2,1H3. The number of carbonyl (C=O) groups excluding carboxylic acids is 1. The molecule has 3 saturated carbocycles. The van der Waals surface area contributed by atoms with Crippen molar-refractivity contribution in [3.05, 3.63) is 11.8 Å². The molecule has 86 valence electrons. The van der Waals surface area contributed by atoms with Gasteiger partial charge in [0.2, 0.25) is 11.8 Å². The Bertz CT molecular complexity index is 400. The topological polar surface area (TPSA) is 56.0 Å². The lowest BCUT2D eigenvalue weighted by atomic mass is 9.54. The van der Waals surface area contributed by atoms with E-state index in [2.05, 4.69) is 10.2 Å². The van der Waals surface area contributed by atoms with Gasteiger partial charge in [0.25, 0.3) is 0 Å². The van der Waals surface area contributed by atoms with Gasteiger partial charge in [-0.25, -0.2) is 0 Å². The van der Waals surface area contributed by atoms with E-state index in [0.717, 1.165) is 44.4 Å². The number of aromatic nitrogens is 2. The Morgan fingerprint density at radius 3 is 2.19 bits per heavy atom. The zero-order chi connectivity index (χ0) is 11.2. The van der Waals surface area contributed by atoms with Crippen LogP contribution in [0.5, 0.6) is 0 Å². The second-order valence-electron chi connectivity index (χ2n) is 5.39. The Morgan fingerprint density at radius 2 is 1.75 bits per heavy atom. The van der Waals surface area contributed by atoms with Crippen LogP contribution in [0.15, 0.2) is 4.42 Å². The first kappa shape index (κ1) is 10.00. The van der Waals surface area contributed by atoms with E-state index in [1.165, 1.54) is 6.29 Å². The Balaban J connectivity index is 1.90. The number of carbonyl (C=O) groups is 1. The van der Waals surface area contributed by atoms with Crippen LogP contribution in [0.1, 0.15) is 50.3 Å². The molecule has 0 spiro atoms. The van der Waals surface area contributed by atoms with Crippen LogP contribution in [0.3, 0.4) is 0 Å². The van der Waals surface area contributed by atoms with Crippen LogP contribution >= 0.6 is 0 Å². The average Bonchev–Trinajstić information content (AvgIpc) is 2.79. The molecule has 0 atom stereocenters. The van der Waals surface area contributed by atoms with Crippen molar-refractivity contribution in [3.63, 3.8) is 0 Å². The van der Waals surface area contributed by atoms with Crippen LogP contribution in [-0.4, -0.2) is 16.5 Å². The van der Waals surface area contributed by atoms with Gasteiger partial charge in [-0.15, -0.1) is 10.2 Å². The van der Waals surface area contributed by atoms with E-state index in [1.807, 2.05) is 6.92 Å². The normalized spacial score (nSPS) is 37.6. The second kappa shape index (κ2) is 3.15. The minimum Gasteiger partial charge on any atom is -0.425 e. The predicted molar refractivity (Wildman–Crippen MR) is 56.9 cm³/mol. The van der Waals surface area contributed by atoms with Crippen LogP contribution in [0.2, 0.25) is 0 Å². The molecule has 1 aromatic rings. The highest BCUT2D eigenvalue weighted by atomic mass is 16.4. The molecule has 0 N–H and O–H groups in total. The molecule has 4 nitrogen and oxygen atoms in total. The molecule has 3 fully saturated rings. The Kier molecular flexibility index (Phi) is 1.97. The first-order valence-corrected chi connectivity index (χ1v) is 5.95. The monoisotopic (exact) mass is 220 g/mol. The quantitative estimate of drug-likeness (QED) is 0.717. The van der Waals surface area contributed by atoms with Crippen molar-refractivity contribution in [2.45, 2.75) is 50.9 Å². The van der Waals surface area contributed by atoms with E-state index < -0.39 is 0 Å². The van der Waals surface area contributed by atoms with E-state index in [-0.39, 0.29) is 10.8 Å². The third kappa shape index (κ3) is 1.25. The minimum absolute atomic E-state index is 0.0309. The van der Waals surface area contributed by atoms with Gasteiger partial charge in [0.1, 0.15) is 6.29 Å². The van der Waals surface area contributed by atoms with E-state index in [9.17, 15) is 4.79 Å². The molecular weight excluding hydrogens is 204 g/mol. The molecule has 0 radical (unpaired) electrons. The molecule has 0 saturated heterocycles. The van der Waals surface area contributed by atoms with E-state index in [1.54, 1.807) is 0 Å². The number of fused-ring (bicyclic) bond motifs is 3. The smallest absolute Gasteiger partial charge is 0.222 e. The zero-order valence-electron chi connectivity index (χ0n) is 9.53. The summed E-state index contributed by atoms with van der Waals surface area (Å²) in [5, 5.41) is 8.10. The number of nitrogens with zero attached hydrogens (tertiary/aromatic N) is 2. The summed E-state index contributed by atoms with van der Waals surface area (Å²) in [6, 6.07) is 0. The maximum atomic E-state index is 11.1. The number of hydrogen-bond donors (Lipinski definition) is 0. The molecule has 4 heteroatoms. The van der Waals surface area contributed by atoms with Crippen molar-refractivity contribution in [2.24, 2.45) is 5.41 Å². The second-order valence-corrected chi connectivity index (χ2v) is 5.39. The third-order valence-electron chi connectivity index (χ3n) is 4.53. The summed E-state index contributed by atoms with van der Waals surface area (Å²) >= 11 is 0. The highest BCUT2D eigenvalue weighted by Gasteiger charge is 2.51. The summed E-state index contributed by atoms with van der Waals surface area (Å²) in [5.41, 5.74) is 0.0445. The fourth-order valence-electron chi connectivity index (χ4n) is 3.22. The van der Waals surface area contributed by atoms with Gasteiger partial charge in [-0.2, -0.15) is 0 Å². The molecule has 3 aliphatic carbocycles. The van der Waals surface area contributed by atoms with Crippen molar-refractivity contribution in [1.82, 2.24) is 10.2 Å². The highest BCUT2D eigenvalue weighted by molar-refractivity contribution is 5.60. The number of aryl methyl sites for hydroxylation is 1. The largest absolute Gasteiger partial charge is 0.425 e. The molecular formula is C12H16N2O2. The maximum absolute atomic E-state index is 11.1. The molecule has 0 unspecified atom stereocenters. The van der Waals surface area contributed by atoms with Gasteiger partial charge in [-0.05, 0) is 38.5 Å². The lowest BCUT2D eigenvalue weighted by Gasteiger charge is -2.49. The Hall–Kier alpha value is -1.19. The van der Waals surface area contributed by atoms with Crippen LogP contribution < -0.4 is 0 Å². The van der Waals surface area contributed by atoms with E-state index in [0.29, 0.717) is 5.89 Å². The van der Waals surface area contributed by atoms with Crippen molar-refractivity contribution >= 4 is 6.29 Å². The van der Waals surface area contributed by atoms with Crippen molar-refractivity contribution in [2.75, 3.05) is 0 Å². The summed E-state index contributed by atoms with van der Waals surface area (Å²) in [5.74, 6) is 1.44. The number of aldehydes is 1. The van der Waals surface area contributed by atoms with E-state index in [4.69, 9.17) is 4.42 Å². The van der Waals surface area contributed by atoms with Crippen molar-refractivity contribution < 1.29 is 9.21 Å². The summed E-state index contributed by atoms with van der Waals surface area (Å²) in [6.45, 7) is 1.83. The molecule has 4 rings (SSSR count). The number of hydrogen-bond acceptors (Lipinski definition) is 4. The van der Waals surface area contributed by atoms with Crippen LogP contribution in [-0.2, 0) is 10.2 Å². The first-order valence-electron chi connectivity index (χ1n) is 5.95. The molecule has 0 amide bonds. The van der Waals surface area contributed by atoms with Gasteiger partial charge in [0, 0.05) is 17.8 Å². The molecule has 0 aromatic carbocycles. The van der Waals surface area contributed by atoms with E-state index >= 15 is 0 Å². The number of rotatable bonds is 2. The fraction of sp³-hybridized carbons (Fsp3) is 0.750. The lowest BCUT2D eigenvalue weighted by Crippen LogP contribution is -2.45. The Labute approximate surface area is 94.4 Å². The molecule has 16 heavy (non-hydrogen) atoms. The lowest BCUT2D eigenvalue weighted by molar-refractivity contribution is -0.122. The SMILES string of the molecule is Cc1nnc(C23CCC(C=O)(CC2)CC3)o1. The summed E-state index contributed by atoms with van der Waals surface area (Å²) < 4.78 is 5.60. The van der Waals surface area contributed by atoms with Gasteiger partial charge in [-0.1, -0.05) is 0 Å². The van der Waals surface area contributed by atoms with Gasteiger partial charge >= 0.3 is 0 Å². The van der Waals surface area contributed by atoms with Crippen LogP contribution in [0.25, 0.3) is 0 Å². The minimum atomic E-state index is -0.0309. The van der Waals surface area contributed by atoms with Crippen molar-refractivity contribution in [3.8, 4) is 0 Å². The summed E-state index contributed by atoms with van der Waals surface area (Å²) in [6.07, 6.45) is 7.19. The van der Waals surface area contributed by atoms with Gasteiger partial charge in [0.15, 0.2) is 0 Å². The van der Waals surface area contributed by atoms with Gasteiger partial charge in [-0.3, -0.25) is 0 Å². The van der Waals surface area contributed by atoms with Crippen LogP contribution in [0, 0.1) is 12.3 Å². The average molecular weight is 220 g/mol. The molecule has 3 aliphatic rings. The summed E-state index contributed by atoms with van der Waals surface area (Å²) in [7, 11) is 0. The van der Waals surface area contributed by atoms with Crippen LogP contribution in [0.4, 0.5) is 0 Å². The molecule has 2 bridgehead atoms. The molecule has 1 heterocycles. The third-order valence-corrected chi connectivity index (χ3v) is 4.53. The first-order chi connectivity index (χ1) is 7.68. The zero-order valence-corrected chi connectivity index (χ0v) is 9.53. The maximum Gasteiger partial charge on any atom is 0.222 e. The van der Waals surface area contributed by atoms with Gasteiger partial charge < -0.3 is 9.21 Å². The highest BCUT2D eigenvalue weighted by Crippen LogP contribution is 2.56. The predicted octanol–water partition coefficient (Wildman–Crippen LogP) is 2.17. The fourth-order valence-corrected chi connectivity index (χ4v) is 3.22.